The minimum atomic E-state index is -1.12. The van der Waals surface area contributed by atoms with Gasteiger partial charge in [0.2, 0.25) is 11.8 Å². The normalized spacial score (nSPS) is 20.3. The third kappa shape index (κ3) is 2.57. The van der Waals surface area contributed by atoms with E-state index in [0.29, 0.717) is 5.56 Å². The number of likely N-dealkylation sites (tertiary alicyclic amines) is 1. The van der Waals surface area contributed by atoms with E-state index >= 15 is 0 Å². The first kappa shape index (κ1) is 13.1. The first-order valence-electron chi connectivity index (χ1n) is 5.87. The Morgan fingerprint density at radius 3 is 2.42 bits per heavy atom. The summed E-state index contributed by atoms with van der Waals surface area (Å²) in [7, 11) is 0. The first-order valence-corrected chi connectivity index (χ1v) is 5.87. The molecule has 0 aliphatic carbocycles. The molecule has 2 rings (SSSR count). The van der Waals surface area contributed by atoms with Gasteiger partial charge in [0, 0.05) is 13.0 Å². The molecule has 1 saturated heterocycles. The average molecular weight is 262 g/mol. The Labute approximate surface area is 109 Å². The van der Waals surface area contributed by atoms with E-state index in [-0.39, 0.29) is 18.9 Å². The van der Waals surface area contributed by atoms with Crippen LogP contribution in [0.3, 0.4) is 0 Å². The van der Waals surface area contributed by atoms with Crippen molar-refractivity contribution in [1.29, 1.82) is 0 Å². The fourth-order valence-corrected chi connectivity index (χ4v) is 2.26. The average Bonchev–Trinajstić information content (AvgIpc) is 2.73. The van der Waals surface area contributed by atoms with Gasteiger partial charge in [0.1, 0.15) is 0 Å². The summed E-state index contributed by atoms with van der Waals surface area (Å²) in [4.78, 5) is 35.6. The quantitative estimate of drug-likeness (QED) is 0.806. The lowest BCUT2D eigenvalue weighted by molar-refractivity contribution is -0.148. The Bertz CT molecular complexity index is 515. The standard InChI is InChI=1S/C13H14N2O4/c14-12(17)9-6-10(16)15(7-9)11(13(18)19)8-4-2-1-3-5-8/h1-5,9,11H,6-7H2,(H2,14,17)(H,18,19). The summed E-state index contributed by atoms with van der Waals surface area (Å²) in [5.74, 6) is -2.67. The molecule has 1 aromatic rings. The number of aliphatic carboxylic acids is 1. The predicted molar refractivity (Wildman–Crippen MR) is 65.8 cm³/mol. The highest BCUT2D eigenvalue weighted by molar-refractivity contribution is 5.91. The van der Waals surface area contributed by atoms with Gasteiger partial charge in [0.05, 0.1) is 5.92 Å². The van der Waals surface area contributed by atoms with Crippen LogP contribution in [0.15, 0.2) is 30.3 Å². The van der Waals surface area contributed by atoms with Crippen molar-refractivity contribution in [2.75, 3.05) is 6.54 Å². The molecule has 2 unspecified atom stereocenters. The van der Waals surface area contributed by atoms with Crippen LogP contribution in [0.4, 0.5) is 0 Å². The van der Waals surface area contributed by atoms with Crippen LogP contribution >= 0.6 is 0 Å². The van der Waals surface area contributed by atoms with Crippen LogP contribution in [0.25, 0.3) is 0 Å². The zero-order chi connectivity index (χ0) is 14.0. The number of amides is 2. The number of hydrogen-bond acceptors (Lipinski definition) is 3. The van der Waals surface area contributed by atoms with Gasteiger partial charge in [-0.05, 0) is 5.56 Å². The van der Waals surface area contributed by atoms with Gasteiger partial charge < -0.3 is 15.7 Å². The molecule has 1 aliphatic heterocycles. The molecule has 100 valence electrons. The van der Waals surface area contributed by atoms with Crippen LogP contribution in [-0.4, -0.2) is 34.3 Å². The summed E-state index contributed by atoms with van der Waals surface area (Å²) < 4.78 is 0. The summed E-state index contributed by atoms with van der Waals surface area (Å²) in [6.07, 6.45) is -0.0219. The van der Waals surface area contributed by atoms with E-state index in [4.69, 9.17) is 5.73 Å². The van der Waals surface area contributed by atoms with Crippen molar-refractivity contribution in [3.8, 4) is 0 Å². The second kappa shape index (κ2) is 5.09. The fourth-order valence-electron chi connectivity index (χ4n) is 2.26. The summed E-state index contributed by atoms with van der Waals surface area (Å²) in [6, 6.07) is 7.39. The molecule has 0 radical (unpaired) electrons. The number of primary amides is 1. The van der Waals surface area contributed by atoms with E-state index in [1.54, 1.807) is 30.3 Å². The monoisotopic (exact) mass is 262 g/mol. The van der Waals surface area contributed by atoms with Crippen molar-refractivity contribution in [3.05, 3.63) is 35.9 Å². The molecule has 1 aromatic carbocycles. The number of carboxylic acid groups (broad SMARTS) is 1. The molecule has 2 atom stereocenters. The highest BCUT2D eigenvalue weighted by Gasteiger charge is 2.40. The van der Waals surface area contributed by atoms with Gasteiger partial charge in [0.15, 0.2) is 6.04 Å². The minimum absolute atomic E-state index is 0.0219. The van der Waals surface area contributed by atoms with Crippen LogP contribution in [-0.2, 0) is 14.4 Å². The van der Waals surface area contributed by atoms with Gasteiger partial charge in [-0.3, -0.25) is 9.59 Å². The smallest absolute Gasteiger partial charge is 0.331 e. The van der Waals surface area contributed by atoms with E-state index in [2.05, 4.69) is 0 Å². The lowest BCUT2D eigenvalue weighted by Gasteiger charge is -2.24. The maximum absolute atomic E-state index is 11.9. The molecule has 0 saturated carbocycles. The summed E-state index contributed by atoms with van der Waals surface area (Å²) in [6.45, 7) is 0.0556. The SMILES string of the molecule is NC(=O)C1CC(=O)N(C(C(=O)O)c2ccccc2)C1. The Balaban J connectivity index is 2.29. The molecule has 2 amide bonds. The third-order valence-corrected chi connectivity index (χ3v) is 3.22. The number of hydrogen-bond donors (Lipinski definition) is 2. The number of nitrogens with two attached hydrogens (primary N) is 1. The number of rotatable bonds is 4. The van der Waals surface area contributed by atoms with Gasteiger partial charge in [-0.25, -0.2) is 4.79 Å². The molecule has 0 bridgehead atoms. The Morgan fingerprint density at radius 1 is 1.32 bits per heavy atom. The Morgan fingerprint density at radius 2 is 1.95 bits per heavy atom. The molecule has 1 heterocycles. The molecule has 1 fully saturated rings. The molecule has 19 heavy (non-hydrogen) atoms. The largest absolute Gasteiger partial charge is 0.479 e. The number of benzene rings is 1. The molecule has 0 aromatic heterocycles. The third-order valence-electron chi connectivity index (χ3n) is 3.22. The van der Waals surface area contributed by atoms with Gasteiger partial charge in [-0.15, -0.1) is 0 Å². The Hall–Kier alpha value is -2.37. The van der Waals surface area contributed by atoms with Crippen LogP contribution in [0.1, 0.15) is 18.0 Å². The fraction of sp³-hybridized carbons (Fsp3) is 0.308. The van der Waals surface area contributed by atoms with Crippen molar-refractivity contribution < 1.29 is 19.5 Å². The van der Waals surface area contributed by atoms with Crippen molar-refractivity contribution in [2.45, 2.75) is 12.5 Å². The Kier molecular flexibility index (Phi) is 3.50. The van der Waals surface area contributed by atoms with Crippen molar-refractivity contribution in [1.82, 2.24) is 4.90 Å². The molecule has 3 N–H and O–H groups in total. The summed E-state index contributed by atoms with van der Waals surface area (Å²) >= 11 is 0. The first-order chi connectivity index (χ1) is 9.00. The maximum Gasteiger partial charge on any atom is 0.331 e. The van der Waals surface area contributed by atoms with Crippen LogP contribution in [0.2, 0.25) is 0 Å². The van der Waals surface area contributed by atoms with Crippen LogP contribution < -0.4 is 5.73 Å². The zero-order valence-electron chi connectivity index (χ0n) is 10.2. The van der Waals surface area contributed by atoms with Gasteiger partial charge in [0.25, 0.3) is 0 Å². The van der Waals surface area contributed by atoms with E-state index in [0.717, 1.165) is 0 Å². The lowest BCUT2D eigenvalue weighted by Crippen LogP contribution is -2.36. The van der Waals surface area contributed by atoms with Crippen molar-refractivity contribution in [3.63, 3.8) is 0 Å². The van der Waals surface area contributed by atoms with E-state index < -0.39 is 23.8 Å². The summed E-state index contributed by atoms with van der Waals surface area (Å²) in [5, 5.41) is 9.32. The minimum Gasteiger partial charge on any atom is -0.479 e. The van der Waals surface area contributed by atoms with Crippen molar-refractivity contribution in [2.24, 2.45) is 11.7 Å². The second-order valence-electron chi connectivity index (χ2n) is 4.50. The molecule has 0 spiro atoms. The molecule has 6 nitrogen and oxygen atoms in total. The number of carboxylic acids is 1. The topological polar surface area (TPSA) is 101 Å². The van der Waals surface area contributed by atoms with Gasteiger partial charge >= 0.3 is 5.97 Å². The number of carbonyl (C=O) groups is 3. The van der Waals surface area contributed by atoms with E-state index in [1.165, 1.54) is 4.90 Å². The van der Waals surface area contributed by atoms with Crippen LogP contribution in [0.5, 0.6) is 0 Å². The van der Waals surface area contributed by atoms with Crippen LogP contribution in [0, 0.1) is 5.92 Å². The zero-order valence-corrected chi connectivity index (χ0v) is 10.2. The highest BCUT2D eigenvalue weighted by atomic mass is 16.4. The van der Waals surface area contributed by atoms with E-state index in [9.17, 15) is 19.5 Å². The second-order valence-corrected chi connectivity index (χ2v) is 4.50. The molecule has 1 aliphatic rings. The predicted octanol–water partition coefficient (Wildman–Crippen LogP) is 0.146. The molecular weight excluding hydrogens is 248 g/mol. The number of nitrogens with zero attached hydrogens (tertiary/aromatic N) is 1. The van der Waals surface area contributed by atoms with E-state index in [1.807, 2.05) is 0 Å². The van der Waals surface area contributed by atoms with Gasteiger partial charge in [-0.2, -0.15) is 0 Å². The maximum atomic E-state index is 11.9. The molecule has 6 heteroatoms. The van der Waals surface area contributed by atoms with Crippen molar-refractivity contribution >= 4 is 17.8 Å². The highest BCUT2D eigenvalue weighted by Crippen LogP contribution is 2.28. The molecular formula is C13H14N2O4. The van der Waals surface area contributed by atoms with Gasteiger partial charge in [-0.1, -0.05) is 30.3 Å². The summed E-state index contributed by atoms with van der Waals surface area (Å²) in [5.41, 5.74) is 5.68. The lowest BCUT2D eigenvalue weighted by atomic mass is 10.1. The number of carbonyl (C=O) groups excluding carboxylic acids is 2.